The van der Waals surface area contributed by atoms with Crippen molar-refractivity contribution in [3.63, 3.8) is 0 Å². The zero-order valence-electron chi connectivity index (χ0n) is 30.0. The number of hydrogen-bond donors (Lipinski definition) is 0. The Balaban J connectivity index is 1.04. The topological polar surface area (TPSA) is 111 Å². The molecule has 0 N–H and O–H groups in total. The maximum Gasteiger partial charge on any atom is 0.426 e. The first-order valence-electron chi connectivity index (χ1n) is 18.2. The molecule has 3 aliphatic rings. The van der Waals surface area contributed by atoms with Gasteiger partial charge in [-0.1, -0.05) is 54.6 Å². The fourth-order valence-corrected chi connectivity index (χ4v) is 9.61. The number of benzene rings is 3. The summed E-state index contributed by atoms with van der Waals surface area (Å²) in [5.41, 5.74) is 2.78. The van der Waals surface area contributed by atoms with Gasteiger partial charge in [0.25, 0.3) is 5.91 Å². The Hall–Kier alpha value is -4.06. The van der Waals surface area contributed by atoms with Gasteiger partial charge in [-0.2, -0.15) is 0 Å². The summed E-state index contributed by atoms with van der Waals surface area (Å²) in [7, 11) is 0. The molecule has 3 saturated heterocycles. The van der Waals surface area contributed by atoms with Gasteiger partial charge >= 0.3 is 6.09 Å². The highest BCUT2D eigenvalue weighted by molar-refractivity contribution is 7.77. The maximum atomic E-state index is 14.0. The monoisotopic (exact) mass is 710 g/mol. The Bertz CT molecular complexity index is 1900. The fraction of sp³-hybridized carbons (Fsp3) is 0.475. The van der Waals surface area contributed by atoms with Crippen LogP contribution in [0.15, 0.2) is 78.9 Å². The zero-order valence-corrected chi connectivity index (χ0v) is 30.8. The van der Waals surface area contributed by atoms with Crippen molar-refractivity contribution < 1.29 is 23.1 Å². The van der Waals surface area contributed by atoms with E-state index in [0.29, 0.717) is 35.5 Å². The average molecular weight is 711 g/mol. The van der Waals surface area contributed by atoms with Gasteiger partial charge in [-0.05, 0) is 114 Å². The second-order valence-electron chi connectivity index (χ2n) is 15.5. The van der Waals surface area contributed by atoms with E-state index in [1.807, 2.05) is 4.90 Å². The molecule has 3 atom stereocenters. The van der Waals surface area contributed by atoms with Crippen LogP contribution in [0, 0.1) is 6.92 Å². The van der Waals surface area contributed by atoms with Crippen LogP contribution in [0.25, 0.3) is 11.0 Å². The molecule has 2 bridgehead atoms. The normalized spacial score (nSPS) is 22.5. The highest BCUT2D eigenvalue weighted by atomic mass is 32.2. The van der Waals surface area contributed by atoms with Crippen molar-refractivity contribution in [2.75, 3.05) is 19.6 Å². The van der Waals surface area contributed by atoms with E-state index in [0.717, 1.165) is 50.0 Å². The molecule has 0 spiro atoms. The first-order valence-corrected chi connectivity index (χ1v) is 19.2. The molecular formula is C40H48N5O5S-. The molecule has 10 nitrogen and oxygen atoms in total. The first kappa shape index (κ1) is 35.3. The number of para-hydroxylation sites is 3. The van der Waals surface area contributed by atoms with E-state index >= 15 is 0 Å². The second kappa shape index (κ2) is 14.2. The molecule has 0 radical (unpaired) electrons. The Morgan fingerprint density at radius 1 is 0.922 bits per heavy atom. The van der Waals surface area contributed by atoms with Crippen molar-refractivity contribution in [2.45, 2.75) is 102 Å². The third-order valence-electron chi connectivity index (χ3n) is 11.5. The van der Waals surface area contributed by atoms with Crippen molar-refractivity contribution in [1.82, 2.24) is 23.7 Å². The van der Waals surface area contributed by atoms with E-state index in [9.17, 15) is 18.4 Å². The molecule has 270 valence electrons. The van der Waals surface area contributed by atoms with Crippen LogP contribution in [0.4, 0.5) is 4.79 Å². The standard InChI is InChI=1S/C40H49N5O5S/c1-28-41-34-15-9-10-16-35(34)44(28)32-26-30-18-19-31(27-32)43(30)25-22-40(29-12-6-5-7-13-29)20-23-42(24-21-40)37(46)33-14-8-11-17-36(33)50-38(47)45(51(48)49)39(2,3)4/h5-17,30-32H,18-27H2,1-4H3,(H,48,49)/p-1. The van der Waals surface area contributed by atoms with Crippen molar-refractivity contribution in [2.24, 2.45) is 0 Å². The summed E-state index contributed by atoms with van der Waals surface area (Å²) in [5.74, 6) is 0.919. The summed E-state index contributed by atoms with van der Waals surface area (Å²) in [6.45, 7) is 9.10. The van der Waals surface area contributed by atoms with Gasteiger partial charge in [0.15, 0.2) is 0 Å². The van der Waals surface area contributed by atoms with Crippen LogP contribution in [0.3, 0.4) is 0 Å². The molecule has 7 rings (SSSR count). The Morgan fingerprint density at radius 3 is 2.22 bits per heavy atom. The predicted molar refractivity (Wildman–Crippen MR) is 197 cm³/mol. The van der Waals surface area contributed by atoms with Crippen LogP contribution in [0.5, 0.6) is 5.75 Å². The summed E-state index contributed by atoms with van der Waals surface area (Å²) < 4.78 is 32.4. The summed E-state index contributed by atoms with van der Waals surface area (Å²) in [5, 5.41) is 0. The van der Waals surface area contributed by atoms with Crippen LogP contribution in [-0.4, -0.2) is 81.7 Å². The van der Waals surface area contributed by atoms with E-state index < -0.39 is 22.9 Å². The molecule has 11 heteroatoms. The van der Waals surface area contributed by atoms with E-state index in [1.54, 1.807) is 39.0 Å². The number of imidazole rings is 1. The zero-order chi connectivity index (χ0) is 35.9. The highest BCUT2D eigenvalue weighted by Gasteiger charge is 2.44. The lowest BCUT2D eigenvalue weighted by molar-refractivity contribution is 0.0604. The minimum absolute atomic E-state index is 0.0462. The number of likely N-dealkylation sites (tertiary alicyclic amines) is 1. The van der Waals surface area contributed by atoms with Crippen LogP contribution in [-0.2, 0) is 16.7 Å². The molecule has 1 aromatic heterocycles. The number of fused-ring (bicyclic) bond motifs is 3. The van der Waals surface area contributed by atoms with E-state index in [2.05, 4.69) is 71.0 Å². The molecule has 2 amide bonds. The van der Waals surface area contributed by atoms with Gasteiger partial charge in [0.05, 0.1) is 33.4 Å². The van der Waals surface area contributed by atoms with Gasteiger partial charge in [0.2, 0.25) is 0 Å². The summed E-state index contributed by atoms with van der Waals surface area (Å²) in [4.78, 5) is 36.4. The van der Waals surface area contributed by atoms with Gasteiger partial charge in [-0.3, -0.25) is 13.9 Å². The van der Waals surface area contributed by atoms with Gasteiger partial charge in [-0.25, -0.2) is 14.1 Å². The molecular weight excluding hydrogens is 663 g/mol. The maximum absolute atomic E-state index is 14.0. The number of aryl methyl sites for hydroxylation is 1. The van der Waals surface area contributed by atoms with Gasteiger partial charge in [-0.15, -0.1) is 0 Å². The third-order valence-corrected chi connectivity index (χ3v) is 12.5. The Kier molecular flexibility index (Phi) is 9.82. The van der Waals surface area contributed by atoms with Crippen LogP contribution in [0.2, 0.25) is 0 Å². The lowest BCUT2D eigenvalue weighted by Gasteiger charge is -2.45. The molecule has 3 aromatic carbocycles. The van der Waals surface area contributed by atoms with E-state index in [1.165, 1.54) is 30.0 Å². The minimum atomic E-state index is -2.84. The molecule has 4 aromatic rings. The van der Waals surface area contributed by atoms with Crippen LogP contribution in [0.1, 0.15) is 93.5 Å². The number of aromatic nitrogens is 2. The van der Waals surface area contributed by atoms with Crippen LogP contribution < -0.4 is 4.74 Å². The second-order valence-corrected chi connectivity index (χ2v) is 16.3. The van der Waals surface area contributed by atoms with E-state index in [4.69, 9.17) is 9.72 Å². The van der Waals surface area contributed by atoms with E-state index in [-0.39, 0.29) is 22.6 Å². The highest BCUT2D eigenvalue weighted by Crippen LogP contribution is 2.45. The molecule has 3 unspecified atom stereocenters. The number of hydrogen-bond acceptors (Lipinski definition) is 7. The van der Waals surface area contributed by atoms with Crippen LogP contribution >= 0.6 is 0 Å². The van der Waals surface area contributed by atoms with Gasteiger partial charge < -0.3 is 18.8 Å². The number of carbonyl (C=O) groups is 2. The number of rotatable bonds is 8. The van der Waals surface area contributed by atoms with Crippen molar-refractivity contribution >= 4 is 34.3 Å². The molecule has 0 aliphatic carbocycles. The molecule has 4 heterocycles. The van der Waals surface area contributed by atoms with Gasteiger partial charge in [0, 0.05) is 31.2 Å². The molecule has 0 saturated carbocycles. The number of amides is 2. The smallest absolute Gasteiger partial charge is 0.426 e. The number of piperidine rings is 2. The molecule has 51 heavy (non-hydrogen) atoms. The Morgan fingerprint density at radius 2 is 1.55 bits per heavy atom. The van der Waals surface area contributed by atoms with Crippen molar-refractivity contribution in [1.29, 1.82) is 0 Å². The fourth-order valence-electron chi connectivity index (χ4n) is 9.00. The predicted octanol–water partition coefficient (Wildman–Crippen LogP) is 7.17. The van der Waals surface area contributed by atoms with Crippen molar-refractivity contribution in [3.05, 3.63) is 95.8 Å². The van der Waals surface area contributed by atoms with Gasteiger partial charge in [0.1, 0.15) is 11.6 Å². The van der Waals surface area contributed by atoms with Crippen molar-refractivity contribution in [3.8, 4) is 5.75 Å². The number of carbonyl (C=O) groups excluding carboxylic acids is 2. The summed E-state index contributed by atoms with van der Waals surface area (Å²) in [6, 6.07) is 27.4. The molecule has 3 fully saturated rings. The minimum Gasteiger partial charge on any atom is -0.755 e. The Labute approximate surface area is 303 Å². The third kappa shape index (κ3) is 6.95. The summed E-state index contributed by atoms with van der Waals surface area (Å²) in [6.07, 6.45) is 6.36. The summed E-state index contributed by atoms with van der Waals surface area (Å²) >= 11 is -2.84. The quantitative estimate of drug-likeness (QED) is 0.178. The number of nitrogens with zero attached hydrogens (tertiary/aromatic N) is 5. The SMILES string of the molecule is Cc1nc2ccccc2n1C1CC2CCC(C1)N2CCC1(c2ccccc2)CCN(C(=O)c2ccccc2OC(=O)N(S(=O)[O-])C(C)(C)C)CC1. The first-order chi connectivity index (χ1) is 24.4. The lowest BCUT2D eigenvalue weighted by atomic mass is 9.70. The largest absolute Gasteiger partial charge is 0.755 e. The lowest BCUT2D eigenvalue weighted by Crippen LogP contribution is -2.49. The number of ether oxygens (including phenoxy) is 1. The average Bonchev–Trinajstić information content (AvgIpc) is 3.57. The molecule has 3 aliphatic heterocycles.